The van der Waals surface area contributed by atoms with Crippen molar-refractivity contribution >= 4 is 17.9 Å². The summed E-state index contributed by atoms with van der Waals surface area (Å²) in [5.74, 6) is -0.0708. The molecule has 1 amide bonds. The van der Waals surface area contributed by atoms with Gasteiger partial charge in [-0.1, -0.05) is 0 Å². The zero-order valence-corrected chi connectivity index (χ0v) is 16.7. The summed E-state index contributed by atoms with van der Waals surface area (Å²) >= 11 is 0. The van der Waals surface area contributed by atoms with Crippen LogP contribution in [0.25, 0.3) is 11.3 Å². The molecule has 1 atom stereocenters. The molecule has 0 spiro atoms. The Morgan fingerprint density at radius 1 is 1.37 bits per heavy atom. The van der Waals surface area contributed by atoms with Gasteiger partial charge in [-0.05, 0) is 43.7 Å². The molecule has 1 aliphatic heterocycles. The van der Waals surface area contributed by atoms with Gasteiger partial charge in [-0.15, -0.1) is 0 Å². The van der Waals surface area contributed by atoms with E-state index in [9.17, 15) is 23.1 Å². The van der Waals surface area contributed by atoms with Crippen LogP contribution in [0.15, 0.2) is 29.3 Å². The number of pyridine rings is 1. The lowest BCUT2D eigenvalue weighted by molar-refractivity contribution is -0.137. The van der Waals surface area contributed by atoms with Crippen LogP contribution in [0.5, 0.6) is 5.75 Å². The molecule has 1 aromatic carbocycles. The van der Waals surface area contributed by atoms with Crippen LogP contribution in [0.1, 0.15) is 30.0 Å². The van der Waals surface area contributed by atoms with E-state index < -0.39 is 17.5 Å². The minimum atomic E-state index is -4.55. The Morgan fingerprint density at radius 2 is 2.10 bits per heavy atom. The first-order valence-electron chi connectivity index (χ1n) is 9.55. The van der Waals surface area contributed by atoms with Crippen LogP contribution >= 0.6 is 0 Å². The monoisotopic (exact) mass is 420 g/mol. The zero-order chi connectivity index (χ0) is 22.1. The molecule has 0 radical (unpaired) electrons. The van der Waals surface area contributed by atoms with Gasteiger partial charge in [0.1, 0.15) is 11.6 Å². The minimum Gasteiger partial charge on any atom is -0.507 e. The smallest absolute Gasteiger partial charge is 0.416 e. The second kappa shape index (κ2) is 8.33. The number of rotatable bonds is 5. The number of nitrogens with two attached hydrogens (primary N) is 1. The second-order valence-electron chi connectivity index (χ2n) is 7.35. The number of phenols is 1. The maximum absolute atomic E-state index is 12.9. The van der Waals surface area contributed by atoms with Gasteiger partial charge in [0.15, 0.2) is 0 Å². The molecule has 3 rings (SSSR count). The molecule has 160 valence electrons. The summed E-state index contributed by atoms with van der Waals surface area (Å²) < 4.78 is 38.7. The number of hydrogen-bond donors (Lipinski definition) is 2. The molecular weight excluding hydrogens is 397 g/mol. The molecule has 1 aliphatic rings. The number of amides is 1. The van der Waals surface area contributed by atoms with Crippen LogP contribution in [0.4, 0.5) is 19.0 Å². The Labute approximate surface area is 172 Å². The minimum absolute atomic E-state index is 0.134. The van der Waals surface area contributed by atoms with E-state index in [0.717, 1.165) is 6.07 Å². The SMILES string of the molecule is CCN1CC(CN=Cc2ccc(-c3c(C)cc(C(F)(F)F)cc3O)nc2N)CC1=O. The van der Waals surface area contributed by atoms with E-state index in [1.165, 1.54) is 6.92 Å². The largest absolute Gasteiger partial charge is 0.507 e. The fourth-order valence-corrected chi connectivity index (χ4v) is 3.58. The number of carbonyl (C=O) groups excluding carboxylic acids is 1. The van der Waals surface area contributed by atoms with Crippen molar-refractivity contribution in [2.45, 2.75) is 26.4 Å². The van der Waals surface area contributed by atoms with E-state index in [-0.39, 0.29) is 34.5 Å². The fourth-order valence-electron chi connectivity index (χ4n) is 3.58. The van der Waals surface area contributed by atoms with E-state index in [1.54, 1.807) is 23.2 Å². The molecule has 1 fully saturated rings. The number of hydrogen-bond acceptors (Lipinski definition) is 5. The highest BCUT2D eigenvalue weighted by Gasteiger charge is 2.32. The first kappa shape index (κ1) is 21.6. The lowest BCUT2D eigenvalue weighted by Crippen LogP contribution is -2.24. The predicted octanol–water partition coefficient (Wildman–Crippen LogP) is 3.65. The van der Waals surface area contributed by atoms with Crippen molar-refractivity contribution in [1.29, 1.82) is 0 Å². The van der Waals surface area contributed by atoms with Crippen molar-refractivity contribution in [2.24, 2.45) is 10.9 Å². The molecule has 30 heavy (non-hydrogen) atoms. The van der Waals surface area contributed by atoms with Crippen molar-refractivity contribution in [1.82, 2.24) is 9.88 Å². The zero-order valence-electron chi connectivity index (χ0n) is 16.7. The highest BCUT2D eigenvalue weighted by atomic mass is 19.4. The summed E-state index contributed by atoms with van der Waals surface area (Å²) in [4.78, 5) is 22.2. The average Bonchev–Trinajstić information content (AvgIpc) is 3.01. The van der Waals surface area contributed by atoms with Crippen molar-refractivity contribution in [3.05, 3.63) is 41.0 Å². The second-order valence-corrected chi connectivity index (χ2v) is 7.35. The number of alkyl halides is 3. The van der Waals surface area contributed by atoms with Gasteiger partial charge in [-0.3, -0.25) is 9.79 Å². The fraction of sp³-hybridized carbons (Fsp3) is 0.381. The van der Waals surface area contributed by atoms with Crippen molar-refractivity contribution in [3.63, 3.8) is 0 Å². The molecule has 1 aromatic heterocycles. The van der Waals surface area contributed by atoms with E-state index >= 15 is 0 Å². The highest BCUT2D eigenvalue weighted by molar-refractivity contribution is 5.87. The quantitative estimate of drug-likeness (QED) is 0.723. The number of aromatic hydroxyl groups is 1. The molecule has 0 bridgehead atoms. The predicted molar refractivity (Wildman–Crippen MR) is 108 cm³/mol. The van der Waals surface area contributed by atoms with Crippen LogP contribution in [-0.4, -0.2) is 46.7 Å². The summed E-state index contributed by atoms with van der Waals surface area (Å²) in [6.07, 6.45) is -2.50. The van der Waals surface area contributed by atoms with Gasteiger partial charge < -0.3 is 15.7 Å². The Hall–Kier alpha value is -3.10. The summed E-state index contributed by atoms with van der Waals surface area (Å²) in [7, 11) is 0. The van der Waals surface area contributed by atoms with Crippen molar-refractivity contribution < 1.29 is 23.1 Å². The number of aryl methyl sites for hydroxylation is 1. The first-order valence-corrected chi connectivity index (χ1v) is 9.55. The summed E-state index contributed by atoms with van der Waals surface area (Å²) in [5.41, 5.74) is 6.33. The molecular formula is C21H23F3N4O2. The lowest BCUT2D eigenvalue weighted by atomic mass is 10.00. The van der Waals surface area contributed by atoms with Gasteiger partial charge in [0.2, 0.25) is 5.91 Å². The number of anilines is 1. The Balaban J connectivity index is 1.77. The Bertz CT molecular complexity index is 966. The number of aromatic nitrogens is 1. The standard InChI is InChI=1S/C21H23F3N4O2/c1-3-28-11-13(7-18(28)30)9-26-10-14-4-5-16(27-20(14)25)19-12(2)6-15(8-17(19)29)21(22,23)24/h4-6,8,10,13,29H,3,7,9,11H2,1-2H3,(H2,25,27). The van der Waals surface area contributed by atoms with Crippen LogP contribution in [-0.2, 0) is 11.0 Å². The molecule has 6 nitrogen and oxygen atoms in total. The van der Waals surface area contributed by atoms with Crippen LogP contribution in [0.3, 0.4) is 0 Å². The number of phenolic OH excluding ortho intramolecular Hbond substituents is 1. The van der Waals surface area contributed by atoms with Gasteiger partial charge in [0.25, 0.3) is 0 Å². The molecule has 2 heterocycles. The van der Waals surface area contributed by atoms with Gasteiger partial charge >= 0.3 is 6.18 Å². The topological polar surface area (TPSA) is 91.8 Å². The maximum atomic E-state index is 12.9. The van der Waals surface area contributed by atoms with Crippen molar-refractivity contribution in [3.8, 4) is 17.0 Å². The van der Waals surface area contributed by atoms with E-state index in [4.69, 9.17) is 5.73 Å². The summed E-state index contributed by atoms with van der Waals surface area (Å²) in [6, 6.07) is 4.86. The normalized spacial score (nSPS) is 17.3. The lowest BCUT2D eigenvalue weighted by Gasteiger charge is -2.14. The summed E-state index contributed by atoms with van der Waals surface area (Å²) in [5, 5.41) is 10.1. The molecule has 1 unspecified atom stereocenters. The average molecular weight is 420 g/mol. The molecule has 9 heteroatoms. The molecule has 1 saturated heterocycles. The van der Waals surface area contributed by atoms with E-state index in [0.29, 0.717) is 37.7 Å². The van der Waals surface area contributed by atoms with Crippen LogP contribution in [0, 0.1) is 12.8 Å². The number of nitrogens with zero attached hydrogens (tertiary/aromatic N) is 3. The molecule has 2 aromatic rings. The number of halogens is 3. The number of benzene rings is 1. The molecule has 3 N–H and O–H groups in total. The number of carbonyl (C=O) groups is 1. The van der Waals surface area contributed by atoms with Gasteiger partial charge in [0, 0.05) is 49.3 Å². The number of likely N-dealkylation sites (tertiary alicyclic amines) is 1. The van der Waals surface area contributed by atoms with E-state index in [1.807, 2.05) is 6.92 Å². The van der Waals surface area contributed by atoms with Crippen LogP contribution < -0.4 is 5.73 Å². The third-order valence-electron chi connectivity index (χ3n) is 5.13. The maximum Gasteiger partial charge on any atom is 0.416 e. The van der Waals surface area contributed by atoms with Gasteiger partial charge in [0.05, 0.1) is 11.3 Å². The number of nitrogen functional groups attached to an aromatic ring is 1. The first-order chi connectivity index (χ1) is 14.1. The van der Waals surface area contributed by atoms with Crippen molar-refractivity contribution in [2.75, 3.05) is 25.4 Å². The molecule has 0 saturated carbocycles. The third kappa shape index (κ3) is 4.55. The van der Waals surface area contributed by atoms with Gasteiger partial charge in [-0.2, -0.15) is 13.2 Å². The Morgan fingerprint density at radius 3 is 2.67 bits per heavy atom. The van der Waals surface area contributed by atoms with Crippen LogP contribution in [0.2, 0.25) is 0 Å². The molecule has 0 aliphatic carbocycles. The summed E-state index contributed by atoms with van der Waals surface area (Å²) in [6.45, 7) is 5.27. The Kier molecular flexibility index (Phi) is 6.00. The highest BCUT2D eigenvalue weighted by Crippen LogP contribution is 2.38. The third-order valence-corrected chi connectivity index (χ3v) is 5.13. The van der Waals surface area contributed by atoms with E-state index in [2.05, 4.69) is 9.98 Å². The number of aliphatic imine (C=N–C) groups is 1. The van der Waals surface area contributed by atoms with Gasteiger partial charge in [-0.25, -0.2) is 4.98 Å².